The molecule has 0 bridgehead atoms. The lowest BCUT2D eigenvalue weighted by molar-refractivity contribution is 1.08. The number of aryl methyl sites for hydroxylation is 1. The van der Waals surface area contributed by atoms with Gasteiger partial charge in [-0.15, -0.1) is 0 Å². The standard InChI is InChI=1S/C15H12BrN/c16-14-3-4-15-12(1-2-13(15)10-14)9-11-5-7-17-8-6-11/h3-10H,1-2H2. The predicted molar refractivity (Wildman–Crippen MR) is 74.6 cm³/mol. The molecule has 1 aromatic heterocycles. The highest BCUT2D eigenvalue weighted by Gasteiger charge is 2.15. The van der Waals surface area contributed by atoms with E-state index in [4.69, 9.17) is 0 Å². The quantitative estimate of drug-likeness (QED) is 0.760. The normalized spacial score (nSPS) is 16.2. The third-order valence-corrected chi connectivity index (χ3v) is 3.62. The molecule has 1 aliphatic carbocycles. The van der Waals surface area contributed by atoms with Gasteiger partial charge in [0.15, 0.2) is 0 Å². The number of allylic oxidation sites excluding steroid dienone is 1. The van der Waals surface area contributed by atoms with Crippen molar-refractivity contribution in [3.63, 3.8) is 0 Å². The summed E-state index contributed by atoms with van der Waals surface area (Å²) in [6, 6.07) is 10.6. The molecule has 1 aliphatic rings. The molecule has 0 unspecified atom stereocenters. The number of rotatable bonds is 1. The summed E-state index contributed by atoms with van der Waals surface area (Å²) >= 11 is 3.52. The first kappa shape index (κ1) is 10.7. The molecule has 0 saturated carbocycles. The Balaban J connectivity index is 2.02. The molecular formula is C15H12BrN. The maximum atomic E-state index is 4.04. The first-order chi connectivity index (χ1) is 8.33. The van der Waals surface area contributed by atoms with E-state index in [0.717, 1.165) is 12.8 Å². The number of halogens is 1. The van der Waals surface area contributed by atoms with Crippen LogP contribution in [0.5, 0.6) is 0 Å². The SMILES string of the molecule is Brc1ccc2c(c1)CCC2=Cc1ccncc1. The van der Waals surface area contributed by atoms with Crippen LogP contribution in [-0.4, -0.2) is 4.98 Å². The topological polar surface area (TPSA) is 12.9 Å². The number of aromatic nitrogens is 1. The van der Waals surface area contributed by atoms with Gasteiger partial charge in [-0.3, -0.25) is 4.98 Å². The molecule has 0 radical (unpaired) electrons. The van der Waals surface area contributed by atoms with Gasteiger partial charge in [0.1, 0.15) is 0 Å². The monoisotopic (exact) mass is 285 g/mol. The molecule has 1 aromatic carbocycles. The summed E-state index contributed by atoms with van der Waals surface area (Å²) < 4.78 is 1.17. The van der Waals surface area contributed by atoms with Crippen molar-refractivity contribution in [1.29, 1.82) is 0 Å². The summed E-state index contributed by atoms with van der Waals surface area (Å²) in [6.45, 7) is 0. The summed E-state index contributed by atoms with van der Waals surface area (Å²) in [5.41, 5.74) is 5.49. The average molecular weight is 286 g/mol. The van der Waals surface area contributed by atoms with Gasteiger partial charge in [-0.2, -0.15) is 0 Å². The number of fused-ring (bicyclic) bond motifs is 1. The summed E-state index contributed by atoms with van der Waals surface area (Å²) in [7, 11) is 0. The third kappa shape index (κ3) is 2.18. The van der Waals surface area contributed by atoms with Gasteiger partial charge in [0, 0.05) is 16.9 Å². The molecule has 2 heteroatoms. The summed E-state index contributed by atoms with van der Waals surface area (Å²) in [5, 5.41) is 0. The largest absolute Gasteiger partial charge is 0.265 e. The first-order valence-electron chi connectivity index (χ1n) is 5.72. The molecule has 0 aliphatic heterocycles. The molecule has 0 N–H and O–H groups in total. The summed E-state index contributed by atoms with van der Waals surface area (Å²) in [6.07, 6.45) is 8.22. The minimum absolute atomic E-state index is 1.13. The fourth-order valence-corrected chi connectivity index (χ4v) is 2.71. The Morgan fingerprint density at radius 2 is 1.88 bits per heavy atom. The lowest BCUT2D eigenvalue weighted by Gasteiger charge is -2.02. The second-order valence-corrected chi connectivity index (χ2v) is 5.17. The van der Waals surface area contributed by atoms with Gasteiger partial charge in [-0.25, -0.2) is 0 Å². The van der Waals surface area contributed by atoms with E-state index in [1.807, 2.05) is 24.5 Å². The molecule has 0 saturated heterocycles. The van der Waals surface area contributed by atoms with Gasteiger partial charge in [-0.1, -0.05) is 28.1 Å². The van der Waals surface area contributed by atoms with Crippen LogP contribution in [0.2, 0.25) is 0 Å². The van der Waals surface area contributed by atoms with Gasteiger partial charge >= 0.3 is 0 Å². The minimum Gasteiger partial charge on any atom is -0.265 e. The van der Waals surface area contributed by atoms with Crippen molar-refractivity contribution in [2.24, 2.45) is 0 Å². The van der Waals surface area contributed by atoms with Crippen molar-refractivity contribution in [1.82, 2.24) is 4.98 Å². The van der Waals surface area contributed by atoms with Crippen molar-refractivity contribution >= 4 is 27.6 Å². The Labute approximate surface area is 109 Å². The average Bonchev–Trinajstić information content (AvgIpc) is 2.73. The first-order valence-corrected chi connectivity index (χ1v) is 6.51. The van der Waals surface area contributed by atoms with Crippen molar-refractivity contribution < 1.29 is 0 Å². The van der Waals surface area contributed by atoms with Crippen LogP contribution in [0.15, 0.2) is 47.2 Å². The van der Waals surface area contributed by atoms with Gasteiger partial charge in [0.25, 0.3) is 0 Å². The van der Waals surface area contributed by atoms with Crippen molar-refractivity contribution in [3.05, 3.63) is 63.9 Å². The van der Waals surface area contributed by atoms with Gasteiger partial charge in [-0.05, 0) is 59.4 Å². The highest BCUT2D eigenvalue weighted by atomic mass is 79.9. The van der Waals surface area contributed by atoms with Crippen LogP contribution in [0, 0.1) is 0 Å². The Morgan fingerprint density at radius 1 is 1.06 bits per heavy atom. The zero-order valence-corrected chi connectivity index (χ0v) is 10.9. The van der Waals surface area contributed by atoms with Crippen LogP contribution in [-0.2, 0) is 6.42 Å². The molecule has 1 nitrogen and oxygen atoms in total. The van der Waals surface area contributed by atoms with Crippen molar-refractivity contribution in [2.45, 2.75) is 12.8 Å². The Hall–Kier alpha value is -1.41. The second-order valence-electron chi connectivity index (χ2n) is 4.25. The van der Waals surface area contributed by atoms with E-state index in [1.54, 1.807) is 0 Å². The zero-order chi connectivity index (χ0) is 11.7. The lowest BCUT2D eigenvalue weighted by Crippen LogP contribution is -1.81. The fraction of sp³-hybridized carbons (Fsp3) is 0.133. The van der Waals surface area contributed by atoms with Crippen molar-refractivity contribution in [2.75, 3.05) is 0 Å². The molecule has 2 aromatic rings. The third-order valence-electron chi connectivity index (χ3n) is 3.12. The summed E-state index contributed by atoms with van der Waals surface area (Å²) in [5.74, 6) is 0. The van der Waals surface area contributed by atoms with Crippen LogP contribution in [0.4, 0.5) is 0 Å². The molecule has 0 spiro atoms. The predicted octanol–water partition coefficient (Wildman–Crippen LogP) is 4.33. The second kappa shape index (κ2) is 4.46. The Bertz CT molecular complexity index is 573. The van der Waals surface area contributed by atoms with E-state index in [9.17, 15) is 0 Å². The maximum absolute atomic E-state index is 4.04. The summed E-state index contributed by atoms with van der Waals surface area (Å²) in [4.78, 5) is 4.04. The van der Waals surface area contributed by atoms with Crippen LogP contribution in [0.25, 0.3) is 11.6 Å². The van der Waals surface area contributed by atoms with Crippen LogP contribution >= 0.6 is 15.9 Å². The van der Waals surface area contributed by atoms with E-state index in [0.29, 0.717) is 0 Å². The van der Waals surface area contributed by atoms with Gasteiger partial charge in [0.2, 0.25) is 0 Å². The highest BCUT2D eigenvalue weighted by Crippen LogP contribution is 2.34. The number of nitrogens with zero attached hydrogens (tertiary/aromatic N) is 1. The molecule has 0 fully saturated rings. The smallest absolute Gasteiger partial charge is 0.0273 e. The van der Waals surface area contributed by atoms with Crippen LogP contribution < -0.4 is 0 Å². The molecule has 17 heavy (non-hydrogen) atoms. The molecule has 0 atom stereocenters. The van der Waals surface area contributed by atoms with E-state index < -0.39 is 0 Å². The molecule has 84 valence electrons. The van der Waals surface area contributed by atoms with Crippen LogP contribution in [0.3, 0.4) is 0 Å². The van der Waals surface area contributed by atoms with E-state index in [-0.39, 0.29) is 0 Å². The van der Waals surface area contributed by atoms with E-state index in [2.05, 4.69) is 45.2 Å². The Kier molecular flexibility index (Phi) is 2.81. The number of benzene rings is 1. The van der Waals surface area contributed by atoms with E-state index in [1.165, 1.54) is 26.7 Å². The van der Waals surface area contributed by atoms with E-state index >= 15 is 0 Å². The Morgan fingerprint density at radius 3 is 2.71 bits per heavy atom. The fourth-order valence-electron chi connectivity index (χ4n) is 2.30. The van der Waals surface area contributed by atoms with Crippen LogP contribution in [0.1, 0.15) is 23.1 Å². The van der Waals surface area contributed by atoms with Crippen molar-refractivity contribution in [3.8, 4) is 0 Å². The zero-order valence-electron chi connectivity index (χ0n) is 9.36. The maximum Gasteiger partial charge on any atom is 0.0273 e. The molecule has 1 heterocycles. The molecule has 3 rings (SSSR count). The number of hydrogen-bond donors (Lipinski definition) is 0. The molecule has 0 amide bonds. The number of hydrogen-bond acceptors (Lipinski definition) is 1. The van der Waals surface area contributed by atoms with Gasteiger partial charge < -0.3 is 0 Å². The molecular weight excluding hydrogens is 274 g/mol. The minimum atomic E-state index is 1.13. The lowest BCUT2D eigenvalue weighted by atomic mass is 10.1. The number of pyridine rings is 1. The highest BCUT2D eigenvalue weighted by molar-refractivity contribution is 9.10. The van der Waals surface area contributed by atoms with Gasteiger partial charge in [0.05, 0.1) is 0 Å².